The van der Waals surface area contributed by atoms with Gasteiger partial charge in [-0.15, -0.1) is 0 Å². The number of amides is 1. The van der Waals surface area contributed by atoms with E-state index < -0.39 is 0 Å². The van der Waals surface area contributed by atoms with Crippen molar-refractivity contribution in [1.82, 2.24) is 19.7 Å². The van der Waals surface area contributed by atoms with Crippen LogP contribution in [0.1, 0.15) is 31.2 Å². The zero-order chi connectivity index (χ0) is 20.8. The Morgan fingerprint density at radius 1 is 1.14 bits per heavy atom. The fourth-order valence-electron chi connectivity index (χ4n) is 3.45. The van der Waals surface area contributed by atoms with Gasteiger partial charge in [-0.2, -0.15) is 21.5 Å². The highest BCUT2D eigenvalue weighted by Gasteiger charge is 2.18. The van der Waals surface area contributed by atoms with Gasteiger partial charge in [-0.25, -0.2) is 0 Å². The molecule has 2 aromatic heterocycles. The summed E-state index contributed by atoms with van der Waals surface area (Å²) in [7, 11) is 0. The van der Waals surface area contributed by atoms with Crippen molar-refractivity contribution in [3.05, 3.63) is 58.3 Å². The largest absolute Gasteiger partial charge is 0.355 e. The summed E-state index contributed by atoms with van der Waals surface area (Å²) in [6, 6.07) is 9.36. The number of rotatable bonds is 9. The van der Waals surface area contributed by atoms with Crippen molar-refractivity contribution in [1.29, 1.82) is 0 Å². The predicted octanol–water partition coefficient (Wildman–Crippen LogP) is 3.45. The monoisotopic (exact) mass is 412 g/mol. The molecule has 0 unspecified atom stereocenters. The standard InChI is InChI=1S/C22H28N4O2S/c1-4-12-29-13-8-11-23-20(27)15-25-16(2)19-14-24-26(18-9-6-5-7-10-18)22(28)21(19)17(25)3/h5-7,9-10,14H,4,8,11-13,15H2,1-3H3,(H,23,27). The van der Waals surface area contributed by atoms with Gasteiger partial charge < -0.3 is 9.88 Å². The van der Waals surface area contributed by atoms with E-state index in [9.17, 15) is 9.59 Å². The molecule has 3 rings (SSSR count). The average Bonchev–Trinajstić information content (AvgIpc) is 2.97. The minimum Gasteiger partial charge on any atom is -0.355 e. The molecule has 0 saturated carbocycles. The molecule has 0 aliphatic carbocycles. The summed E-state index contributed by atoms with van der Waals surface area (Å²) in [6.45, 7) is 6.87. The molecule has 1 aromatic carbocycles. The summed E-state index contributed by atoms with van der Waals surface area (Å²) >= 11 is 1.92. The Morgan fingerprint density at radius 3 is 2.62 bits per heavy atom. The van der Waals surface area contributed by atoms with E-state index in [-0.39, 0.29) is 18.0 Å². The highest BCUT2D eigenvalue weighted by Crippen LogP contribution is 2.22. The van der Waals surface area contributed by atoms with Crippen molar-refractivity contribution in [3.8, 4) is 5.69 Å². The Balaban J connectivity index is 1.78. The summed E-state index contributed by atoms with van der Waals surface area (Å²) in [5.41, 5.74) is 2.24. The van der Waals surface area contributed by atoms with Gasteiger partial charge in [0.15, 0.2) is 0 Å². The number of thioether (sulfide) groups is 1. The molecule has 1 amide bonds. The lowest BCUT2D eigenvalue weighted by Gasteiger charge is -2.10. The van der Waals surface area contributed by atoms with Crippen LogP contribution < -0.4 is 10.9 Å². The Kier molecular flexibility index (Phi) is 7.14. The molecule has 154 valence electrons. The van der Waals surface area contributed by atoms with Crippen LogP contribution in [0.3, 0.4) is 0 Å². The van der Waals surface area contributed by atoms with Gasteiger partial charge in [-0.1, -0.05) is 25.1 Å². The van der Waals surface area contributed by atoms with E-state index in [1.54, 1.807) is 6.20 Å². The molecule has 0 aliphatic rings. The van der Waals surface area contributed by atoms with Crippen molar-refractivity contribution in [3.63, 3.8) is 0 Å². The van der Waals surface area contributed by atoms with E-state index in [0.29, 0.717) is 11.9 Å². The Bertz CT molecular complexity index is 1040. The molecule has 0 fully saturated rings. The summed E-state index contributed by atoms with van der Waals surface area (Å²) in [6.07, 6.45) is 3.86. The van der Waals surface area contributed by atoms with Crippen LogP contribution in [0, 0.1) is 13.8 Å². The van der Waals surface area contributed by atoms with Crippen LogP contribution in [-0.4, -0.2) is 38.3 Å². The number of aryl methyl sites for hydroxylation is 2. The maximum atomic E-state index is 13.1. The fourth-order valence-corrected chi connectivity index (χ4v) is 4.29. The fraction of sp³-hybridized carbons (Fsp3) is 0.409. The summed E-state index contributed by atoms with van der Waals surface area (Å²) in [5.74, 6) is 2.19. The predicted molar refractivity (Wildman–Crippen MR) is 120 cm³/mol. The average molecular weight is 413 g/mol. The van der Waals surface area contributed by atoms with Crippen LogP contribution in [0.4, 0.5) is 0 Å². The smallest absolute Gasteiger partial charge is 0.281 e. The van der Waals surface area contributed by atoms with Gasteiger partial charge in [0.25, 0.3) is 5.56 Å². The maximum absolute atomic E-state index is 13.1. The molecular weight excluding hydrogens is 384 g/mol. The number of carbonyl (C=O) groups excluding carboxylic acids is 1. The minimum atomic E-state index is -0.165. The molecule has 0 spiro atoms. The number of nitrogens with zero attached hydrogens (tertiary/aromatic N) is 3. The summed E-state index contributed by atoms with van der Waals surface area (Å²) in [4.78, 5) is 25.5. The van der Waals surface area contributed by atoms with Gasteiger partial charge >= 0.3 is 0 Å². The van der Waals surface area contributed by atoms with E-state index in [1.807, 2.05) is 60.5 Å². The maximum Gasteiger partial charge on any atom is 0.281 e. The molecule has 3 aromatic rings. The number of nitrogens with one attached hydrogen (secondary N) is 1. The first-order chi connectivity index (χ1) is 14.0. The number of hydrogen-bond acceptors (Lipinski definition) is 4. The van der Waals surface area contributed by atoms with Crippen LogP contribution in [0.5, 0.6) is 0 Å². The second kappa shape index (κ2) is 9.78. The Labute approximate surface area is 175 Å². The van der Waals surface area contributed by atoms with Crippen LogP contribution in [0.15, 0.2) is 41.3 Å². The molecule has 0 saturated heterocycles. The number of fused-ring (bicyclic) bond motifs is 1. The molecule has 29 heavy (non-hydrogen) atoms. The second-order valence-electron chi connectivity index (χ2n) is 7.06. The van der Waals surface area contributed by atoms with Crippen LogP contribution in [-0.2, 0) is 11.3 Å². The van der Waals surface area contributed by atoms with Crippen LogP contribution >= 0.6 is 11.8 Å². The lowest BCUT2D eigenvalue weighted by atomic mass is 10.2. The minimum absolute atomic E-state index is 0.0339. The first-order valence-electron chi connectivity index (χ1n) is 10.0. The Hall–Kier alpha value is -2.54. The van der Waals surface area contributed by atoms with Crippen molar-refractivity contribution in [2.75, 3.05) is 18.1 Å². The molecule has 0 radical (unpaired) electrons. The molecule has 0 atom stereocenters. The molecule has 0 bridgehead atoms. The van der Waals surface area contributed by atoms with E-state index in [4.69, 9.17) is 0 Å². The summed E-state index contributed by atoms with van der Waals surface area (Å²) in [5, 5.41) is 8.74. The molecule has 6 nitrogen and oxygen atoms in total. The Morgan fingerprint density at radius 2 is 1.90 bits per heavy atom. The van der Waals surface area contributed by atoms with Crippen molar-refractivity contribution >= 4 is 28.4 Å². The normalized spacial score (nSPS) is 11.1. The highest BCUT2D eigenvalue weighted by molar-refractivity contribution is 7.99. The van der Waals surface area contributed by atoms with Gasteiger partial charge in [-0.3, -0.25) is 9.59 Å². The van der Waals surface area contributed by atoms with Crippen molar-refractivity contribution in [2.24, 2.45) is 0 Å². The SMILES string of the molecule is CCCSCCCNC(=O)Cn1c(C)c2cnn(-c3ccccc3)c(=O)c2c1C. The number of para-hydroxylation sites is 1. The molecule has 1 N–H and O–H groups in total. The van der Waals surface area contributed by atoms with E-state index in [2.05, 4.69) is 17.3 Å². The number of hydrogen-bond donors (Lipinski definition) is 1. The lowest BCUT2D eigenvalue weighted by Crippen LogP contribution is -2.29. The van der Waals surface area contributed by atoms with Crippen LogP contribution in [0.2, 0.25) is 0 Å². The van der Waals surface area contributed by atoms with Gasteiger partial charge in [0.2, 0.25) is 5.91 Å². The first kappa shape index (κ1) is 21.2. The molecular formula is C22H28N4O2S. The van der Waals surface area contributed by atoms with E-state index in [0.717, 1.165) is 40.4 Å². The van der Waals surface area contributed by atoms with Gasteiger partial charge in [0.1, 0.15) is 6.54 Å². The van der Waals surface area contributed by atoms with Gasteiger partial charge in [-0.05, 0) is 50.3 Å². The van der Waals surface area contributed by atoms with Crippen molar-refractivity contribution < 1.29 is 4.79 Å². The second-order valence-corrected chi connectivity index (χ2v) is 8.28. The third-order valence-electron chi connectivity index (χ3n) is 4.98. The quantitative estimate of drug-likeness (QED) is 0.547. The molecule has 7 heteroatoms. The van der Waals surface area contributed by atoms with Gasteiger partial charge in [0, 0.05) is 23.3 Å². The number of benzene rings is 1. The zero-order valence-corrected chi connectivity index (χ0v) is 18.1. The number of aromatic nitrogens is 3. The molecule has 0 aliphatic heterocycles. The topological polar surface area (TPSA) is 68.9 Å². The third-order valence-corrected chi connectivity index (χ3v) is 6.25. The van der Waals surface area contributed by atoms with Crippen molar-refractivity contribution in [2.45, 2.75) is 40.2 Å². The number of carbonyl (C=O) groups is 1. The highest BCUT2D eigenvalue weighted by atomic mass is 32.2. The van der Waals surface area contributed by atoms with E-state index in [1.165, 1.54) is 11.1 Å². The van der Waals surface area contributed by atoms with Crippen LogP contribution in [0.25, 0.3) is 16.5 Å². The first-order valence-corrected chi connectivity index (χ1v) is 11.2. The molecule has 2 heterocycles. The lowest BCUT2D eigenvalue weighted by molar-refractivity contribution is -0.121. The van der Waals surface area contributed by atoms with Gasteiger partial charge in [0.05, 0.1) is 17.3 Å². The third kappa shape index (κ3) is 4.72. The van der Waals surface area contributed by atoms with E-state index >= 15 is 0 Å². The zero-order valence-electron chi connectivity index (χ0n) is 17.3. The summed E-state index contributed by atoms with van der Waals surface area (Å²) < 4.78 is 3.32.